The third-order valence-electron chi connectivity index (χ3n) is 8.43. The number of cyclic esters (lactones) is 2. The Morgan fingerprint density at radius 1 is 0.842 bits per heavy atom. The van der Waals surface area contributed by atoms with Crippen LogP contribution in [0.15, 0.2) is 22.3 Å². The number of esters is 4. The summed E-state index contributed by atoms with van der Waals surface area (Å²) in [5.41, 5.74) is 2.69. The van der Waals surface area contributed by atoms with Crippen LogP contribution in [0.25, 0.3) is 0 Å². The van der Waals surface area contributed by atoms with Crippen LogP contribution in [-0.2, 0) is 42.9 Å². The molecule has 0 aromatic carbocycles. The molecule has 0 aromatic rings. The van der Waals surface area contributed by atoms with E-state index in [9.17, 15) is 34.5 Å². The Morgan fingerprint density at radius 2 is 1.37 bits per heavy atom. The number of aliphatic hydroxyl groups is 3. The summed E-state index contributed by atoms with van der Waals surface area (Å²) in [6.07, 6.45) is -5.59. The van der Waals surface area contributed by atoms with Gasteiger partial charge in [0.1, 0.15) is 38.1 Å². The molecule has 0 radical (unpaired) electrons. The smallest absolute Gasteiger partial charge is 0.334 e. The van der Waals surface area contributed by atoms with Crippen LogP contribution in [0.1, 0.15) is 39.5 Å². The van der Waals surface area contributed by atoms with E-state index in [-0.39, 0.29) is 25.0 Å². The fourth-order valence-corrected chi connectivity index (χ4v) is 6.26. The van der Waals surface area contributed by atoms with E-state index in [1.165, 1.54) is 0 Å². The van der Waals surface area contributed by atoms with Gasteiger partial charge in [-0.15, -0.1) is 0 Å². The number of carbonyl (C=O) groups excluding carboxylic acids is 4. The minimum Gasteiger partial charge on any atom is -0.462 e. The Balaban J connectivity index is 1.22. The van der Waals surface area contributed by atoms with Crippen molar-refractivity contribution in [2.75, 3.05) is 19.8 Å². The van der Waals surface area contributed by atoms with Gasteiger partial charge in [0.05, 0.1) is 11.8 Å². The molecule has 0 bridgehead atoms. The second-order valence-corrected chi connectivity index (χ2v) is 10.7. The first-order valence-electron chi connectivity index (χ1n) is 12.9. The van der Waals surface area contributed by atoms with Crippen molar-refractivity contribution >= 4 is 23.9 Å². The monoisotopic (exact) mass is 536 g/mol. The predicted octanol–water partition coefficient (Wildman–Crippen LogP) is -0.321. The molecule has 3 N–H and O–H groups in total. The average molecular weight is 537 g/mol. The lowest BCUT2D eigenvalue weighted by Gasteiger charge is -2.41. The second kappa shape index (κ2) is 10.4. The van der Waals surface area contributed by atoms with Crippen LogP contribution in [0, 0.1) is 23.7 Å². The molecule has 0 spiro atoms. The van der Waals surface area contributed by atoms with Crippen LogP contribution in [0.5, 0.6) is 0 Å². The van der Waals surface area contributed by atoms with Crippen molar-refractivity contribution in [1.29, 1.82) is 0 Å². The van der Waals surface area contributed by atoms with E-state index in [0.29, 0.717) is 36.8 Å². The third kappa shape index (κ3) is 4.63. The lowest BCUT2D eigenvalue weighted by Crippen LogP contribution is -2.60. The second-order valence-electron chi connectivity index (χ2n) is 10.7. The Hall–Kier alpha value is -2.80. The van der Waals surface area contributed by atoms with Crippen molar-refractivity contribution in [2.45, 2.75) is 70.2 Å². The summed E-state index contributed by atoms with van der Waals surface area (Å²) in [4.78, 5) is 50.1. The minimum absolute atomic E-state index is 0.127. The van der Waals surface area contributed by atoms with Crippen LogP contribution in [0.4, 0.5) is 0 Å². The molecule has 208 valence electrons. The molecule has 3 fully saturated rings. The maximum absolute atomic E-state index is 13.0. The Kier molecular flexibility index (Phi) is 7.33. The van der Waals surface area contributed by atoms with E-state index >= 15 is 0 Å². The molecule has 38 heavy (non-hydrogen) atoms. The molecule has 0 amide bonds. The summed E-state index contributed by atoms with van der Waals surface area (Å²) in [5, 5.41) is 31.5. The number of hydrogen-bond donors (Lipinski definition) is 3. The third-order valence-corrected chi connectivity index (χ3v) is 8.43. The predicted molar refractivity (Wildman–Crippen MR) is 123 cm³/mol. The first kappa shape index (κ1) is 26.8. The van der Waals surface area contributed by atoms with E-state index in [4.69, 9.17) is 23.7 Å². The fourth-order valence-electron chi connectivity index (χ4n) is 6.26. The Morgan fingerprint density at radius 3 is 1.92 bits per heavy atom. The van der Waals surface area contributed by atoms with Crippen molar-refractivity contribution in [3.05, 3.63) is 22.3 Å². The first-order valence-corrected chi connectivity index (χ1v) is 12.9. The van der Waals surface area contributed by atoms with E-state index < -0.39 is 73.0 Å². The number of hydrogen-bond acceptors (Lipinski definition) is 12. The summed E-state index contributed by atoms with van der Waals surface area (Å²) in [6, 6.07) is 0. The molecule has 12 nitrogen and oxygen atoms in total. The van der Waals surface area contributed by atoms with E-state index in [2.05, 4.69) is 0 Å². The van der Waals surface area contributed by atoms with Crippen LogP contribution >= 0.6 is 0 Å². The molecular weight excluding hydrogens is 504 g/mol. The number of aliphatic hydroxyl groups excluding tert-OH is 3. The highest BCUT2D eigenvalue weighted by Crippen LogP contribution is 2.42. The van der Waals surface area contributed by atoms with E-state index in [1.54, 1.807) is 6.92 Å². The average Bonchev–Trinajstić information content (AvgIpc) is 3.47. The van der Waals surface area contributed by atoms with Gasteiger partial charge >= 0.3 is 23.9 Å². The molecule has 12 heteroatoms. The molecular formula is C26H32O12. The molecule has 3 saturated heterocycles. The summed E-state index contributed by atoms with van der Waals surface area (Å²) < 4.78 is 26.4. The molecule has 0 unspecified atom stereocenters. The van der Waals surface area contributed by atoms with Gasteiger partial charge in [-0.25, -0.2) is 9.59 Å². The lowest BCUT2D eigenvalue weighted by molar-refractivity contribution is -0.292. The molecule has 0 aromatic heterocycles. The van der Waals surface area contributed by atoms with Crippen LogP contribution in [-0.4, -0.2) is 89.7 Å². The van der Waals surface area contributed by atoms with Crippen molar-refractivity contribution in [1.82, 2.24) is 0 Å². The standard InChI is InChI=1S/C26H32O12/c1-10-3-5-12-14(7-34-24(31)17(10)12)22(29)36-9-16-19(27)21(20(28)26(33)37-16)38-23(30)15-8-35-25(32)18-11(2)4-6-13(15)18/h12-16,19-21,26-28,33H,3-9H2,1-2H3/t12-,13-,14+,15+,16+,19+,20+,21-,26-/m0/s1. The normalized spacial score (nSPS) is 38.8. The molecule has 2 aliphatic carbocycles. The summed E-state index contributed by atoms with van der Waals surface area (Å²) in [5.74, 6) is -4.56. The first-order chi connectivity index (χ1) is 18.1. The largest absolute Gasteiger partial charge is 0.462 e. The van der Waals surface area contributed by atoms with Crippen molar-refractivity contribution < 1.29 is 58.2 Å². The van der Waals surface area contributed by atoms with Crippen molar-refractivity contribution in [3.63, 3.8) is 0 Å². The van der Waals surface area contributed by atoms with Gasteiger partial charge in [-0.05, 0) is 39.5 Å². The molecule has 5 aliphatic rings. The zero-order valence-corrected chi connectivity index (χ0v) is 21.2. The maximum Gasteiger partial charge on any atom is 0.334 e. The van der Waals surface area contributed by atoms with Gasteiger partial charge in [-0.3, -0.25) is 9.59 Å². The highest BCUT2D eigenvalue weighted by Gasteiger charge is 2.50. The van der Waals surface area contributed by atoms with Crippen molar-refractivity contribution in [3.8, 4) is 0 Å². The fraction of sp³-hybridized carbons (Fsp3) is 0.692. The number of rotatable bonds is 5. The summed E-state index contributed by atoms with van der Waals surface area (Å²) in [7, 11) is 0. The molecule has 3 aliphatic heterocycles. The number of fused-ring (bicyclic) bond motifs is 2. The van der Waals surface area contributed by atoms with Gasteiger partial charge in [0.25, 0.3) is 0 Å². The highest BCUT2D eigenvalue weighted by molar-refractivity contribution is 5.94. The zero-order chi connectivity index (χ0) is 27.3. The van der Waals surface area contributed by atoms with Gasteiger partial charge in [-0.2, -0.15) is 0 Å². The Labute approximate surface area is 218 Å². The summed E-state index contributed by atoms with van der Waals surface area (Å²) in [6.45, 7) is 2.81. The molecule has 0 saturated carbocycles. The van der Waals surface area contributed by atoms with Gasteiger partial charge in [0.2, 0.25) is 0 Å². The van der Waals surface area contributed by atoms with Crippen LogP contribution < -0.4 is 0 Å². The lowest BCUT2D eigenvalue weighted by atomic mass is 9.85. The highest BCUT2D eigenvalue weighted by atomic mass is 16.7. The SMILES string of the molecule is CC1=C2C(=O)OC[C@@H](C(=O)OC[C@H]3O[C@H](O)[C@H](O)[C@@H](OC(=O)[C@@H]4COC(=O)C5=C(C)CC[C@H]54)[C@@H]3O)[C@@H]2CC1. The maximum atomic E-state index is 13.0. The van der Waals surface area contributed by atoms with Gasteiger partial charge < -0.3 is 39.0 Å². The topological polar surface area (TPSA) is 175 Å². The van der Waals surface area contributed by atoms with Crippen LogP contribution in [0.3, 0.4) is 0 Å². The number of ether oxygens (including phenoxy) is 5. The van der Waals surface area contributed by atoms with Crippen molar-refractivity contribution in [2.24, 2.45) is 23.7 Å². The summed E-state index contributed by atoms with van der Waals surface area (Å²) >= 11 is 0. The van der Waals surface area contributed by atoms with Crippen LogP contribution in [0.2, 0.25) is 0 Å². The zero-order valence-electron chi connectivity index (χ0n) is 21.2. The van der Waals surface area contributed by atoms with E-state index in [1.807, 2.05) is 6.92 Å². The van der Waals surface area contributed by atoms with Gasteiger partial charge in [-0.1, -0.05) is 11.1 Å². The quantitative estimate of drug-likeness (QED) is 0.309. The molecule has 5 rings (SSSR count). The number of carbonyl (C=O) groups is 4. The number of allylic oxidation sites excluding steroid dienone is 2. The van der Waals surface area contributed by atoms with E-state index in [0.717, 1.165) is 11.1 Å². The van der Waals surface area contributed by atoms with Gasteiger partial charge in [0, 0.05) is 23.0 Å². The Bertz CT molecular complexity index is 1090. The molecule has 9 atom stereocenters. The van der Waals surface area contributed by atoms with Gasteiger partial charge in [0.15, 0.2) is 12.4 Å². The molecule has 3 heterocycles. The minimum atomic E-state index is -1.82.